The van der Waals surface area contributed by atoms with Gasteiger partial charge in [-0.25, -0.2) is 4.79 Å². The SMILES string of the molecule is COC(=O)c1cccc(-c2ccc(Cl)c(C(=O)[O-])c2)c1. The Bertz CT molecular complexity index is 679. The zero-order chi connectivity index (χ0) is 14.7. The van der Waals surface area contributed by atoms with E-state index in [1.165, 1.54) is 19.2 Å². The third kappa shape index (κ3) is 2.81. The van der Waals surface area contributed by atoms with E-state index in [0.29, 0.717) is 16.7 Å². The zero-order valence-electron chi connectivity index (χ0n) is 10.6. The molecule has 0 radical (unpaired) electrons. The monoisotopic (exact) mass is 289 g/mol. The number of carboxylic acid groups (broad SMARTS) is 1. The molecule has 2 rings (SSSR count). The van der Waals surface area contributed by atoms with Crippen molar-refractivity contribution in [1.29, 1.82) is 0 Å². The Morgan fingerprint density at radius 2 is 1.80 bits per heavy atom. The molecule has 0 spiro atoms. The molecule has 0 aliphatic rings. The Hall–Kier alpha value is -2.33. The number of methoxy groups -OCH3 is 1. The third-order valence-electron chi connectivity index (χ3n) is 2.80. The Morgan fingerprint density at radius 3 is 2.45 bits per heavy atom. The maximum atomic E-state index is 11.5. The number of esters is 1. The van der Waals surface area contributed by atoms with E-state index in [1.807, 2.05) is 0 Å². The van der Waals surface area contributed by atoms with Crippen molar-refractivity contribution < 1.29 is 19.4 Å². The fraction of sp³-hybridized carbons (Fsp3) is 0.0667. The summed E-state index contributed by atoms with van der Waals surface area (Å²) >= 11 is 5.79. The van der Waals surface area contributed by atoms with Crippen LogP contribution in [-0.2, 0) is 4.74 Å². The van der Waals surface area contributed by atoms with E-state index < -0.39 is 11.9 Å². The first-order chi connectivity index (χ1) is 9.52. The van der Waals surface area contributed by atoms with Crippen molar-refractivity contribution in [3.05, 3.63) is 58.6 Å². The van der Waals surface area contributed by atoms with Gasteiger partial charge in [-0.15, -0.1) is 0 Å². The molecule has 102 valence electrons. The molecular formula is C15H10ClO4-. The van der Waals surface area contributed by atoms with Crippen molar-refractivity contribution in [2.75, 3.05) is 7.11 Å². The molecule has 0 aliphatic heterocycles. The molecule has 0 N–H and O–H groups in total. The lowest BCUT2D eigenvalue weighted by Crippen LogP contribution is -2.22. The minimum atomic E-state index is -1.35. The highest BCUT2D eigenvalue weighted by Crippen LogP contribution is 2.25. The van der Waals surface area contributed by atoms with Crippen LogP contribution in [0.3, 0.4) is 0 Å². The standard InChI is InChI=1S/C15H11ClO4/c1-20-15(19)11-4-2-3-9(7-11)10-5-6-13(16)12(8-10)14(17)18/h2-8H,1H3,(H,17,18)/p-1. The number of rotatable bonds is 3. The average Bonchev–Trinajstić information content (AvgIpc) is 2.46. The summed E-state index contributed by atoms with van der Waals surface area (Å²) in [6.07, 6.45) is 0. The summed E-state index contributed by atoms with van der Waals surface area (Å²) in [4.78, 5) is 22.4. The van der Waals surface area contributed by atoms with Gasteiger partial charge in [-0.3, -0.25) is 0 Å². The Kier molecular flexibility index (Phi) is 4.05. The van der Waals surface area contributed by atoms with E-state index in [9.17, 15) is 14.7 Å². The summed E-state index contributed by atoms with van der Waals surface area (Å²) in [5, 5.41) is 11.1. The number of hydrogen-bond acceptors (Lipinski definition) is 4. The number of carboxylic acids is 1. The molecule has 5 heteroatoms. The van der Waals surface area contributed by atoms with Gasteiger partial charge in [0.05, 0.1) is 18.6 Å². The Labute approximate surface area is 120 Å². The second-order valence-electron chi connectivity index (χ2n) is 4.05. The Morgan fingerprint density at radius 1 is 1.10 bits per heavy atom. The average molecular weight is 290 g/mol. The molecule has 4 nitrogen and oxygen atoms in total. The first-order valence-electron chi connectivity index (χ1n) is 5.72. The highest BCUT2D eigenvalue weighted by Gasteiger charge is 2.09. The number of ether oxygens (including phenoxy) is 1. The van der Waals surface area contributed by atoms with Gasteiger partial charge < -0.3 is 14.6 Å². The Balaban J connectivity index is 2.49. The van der Waals surface area contributed by atoms with Crippen molar-refractivity contribution >= 4 is 23.5 Å². The van der Waals surface area contributed by atoms with Crippen LogP contribution in [0, 0.1) is 0 Å². The molecule has 0 fully saturated rings. The van der Waals surface area contributed by atoms with Crippen molar-refractivity contribution in [2.45, 2.75) is 0 Å². The minimum absolute atomic E-state index is 0.0902. The zero-order valence-corrected chi connectivity index (χ0v) is 11.3. The lowest BCUT2D eigenvalue weighted by molar-refractivity contribution is -0.255. The number of carbonyl (C=O) groups is 2. The second-order valence-corrected chi connectivity index (χ2v) is 4.46. The first kappa shape index (κ1) is 14.1. The van der Waals surface area contributed by atoms with E-state index in [2.05, 4.69) is 4.74 Å². The van der Waals surface area contributed by atoms with Gasteiger partial charge in [-0.1, -0.05) is 29.8 Å². The highest BCUT2D eigenvalue weighted by molar-refractivity contribution is 6.33. The van der Waals surface area contributed by atoms with Gasteiger partial charge in [0.15, 0.2) is 0 Å². The molecule has 0 saturated carbocycles. The summed E-state index contributed by atoms with van der Waals surface area (Å²) in [5.41, 5.74) is 1.61. The molecule has 20 heavy (non-hydrogen) atoms. The molecule has 0 amide bonds. The molecule has 0 saturated heterocycles. The molecule has 0 aliphatic carbocycles. The van der Waals surface area contributed by atoms with Gasteiger partial charge in [-0.05, 0) is 35.4 Å². The van der Waals surface area contributed by atoms with Crippen LogP contribution >= 0.6 is 11.6 Å². The predicted molar refractivity (Wildman–Crippen MR) is 72.6 cm³/mol. The summed E-state index contributed by atoms with van der Waals surface area (Å²) in [6.45, 7) is 0. The molecule has 0 heterocycles. The first-order valence-corrected chi connectivity index (χ1v) is 6.10. The topological polar surface area (TPSA) is 66.4 Å². The number of aromatic carboxylic acids is 1. The lowest BCUT2D eigenvalue weighted by atomic mass is 10.0. The largest absolute Gasteiger partial charge is 0.545 e. The molecule has 2 aromatic rings. The number of benzene rings is 2. The van der Waals surface area contributed by atoms with Crippen LogP contribution in [0.15, 0.2) is 42.5 Å². The maximum Gasteiger partial charge on any atom is 0.337 e. The van der Waals surface area contributed by atoms with Crippen molar-refractivity contribution in [1.82, 2.24) is 0 Å². The quantitative estimate of drug-likeness (QED) is 0.812. The van der Waals surface area contributed by atoms with Crippen molar-refractivity contribution in [3.63, 3.8) is 0 Å². The van der Waals surface area contributed by atoms with Crippen LogP contribution in [0.5, 0.6) is 0 Å². The smallest absolute Gasteiger partial charge is 0.337 e. The summed E-state index contributed by atoms with van der Waals surface area (Å²) in [6, 6.07) is 11.2. The molecule has 0 atom stereocenters. The van der Waals surface area contributed by atoms with Crippen LogP contribution in [0.25, 0.3) is 11.1 Å². The van der Waals surface area contributed by atoms with E-state index >= 15 is 0 Å². The summed E-state index contributed by atoms with van der Waals surface area (Å²) in [5.74, 6) is -1.80. The van der Waals surface area contributed by atoms with E-state index in [1.54, 1.807) is 30.3 Å². The predicted octanol–water partition coefficient (Wildman–Crippen LogP) is 2.16. The molecule has 0 unspecified atom stereocenters. The molecular weight excluding hydrogens is 280 g/mol. The van der Waals surface area contributed by atoms with E-state index in [4.69, 9.17) is 11.6 Å². The summed E-state index contributed by atoms with van der Waals surface area (Å²) in [7, 11) is 1.30. The number of halogens is 1. The maximum absolute atomic E-state index is 11.5. The molecule has 0 aromatic heterocycles. The van der Waals surface area contributed by atoms with Gasteiger partial charge in [0.1, 0.15) is 0 Å². The third-order valence-corrected chi connectivity index (χ3v) is 3.13. The van der Waals surface area contributed by atoms with Crippen molar-refractivity contribution in [2.24, 2.45) is 0 Å². The highest BCUT2D eigenvalue weighted by atomic mass is 35.5. The fourth-order valence-corrected chi connectivity index (χ4v) is 2.00. The van der Waals surface area contributed by atoms with Gasteiger partial charge in [-0.2, -0.15) is 0 Å². The van der Waals surface area contributed by atoms with Crippen LogP contribution in [0.4, 0.5) is 0 Å². The second kappa shape index (κ2) is 5.75. The molecule has 0 bridgehead atoms. The fourth-order valence-electron chi connectivity index (χ4n) is 1.80. The van der Waals surface area contributed by atoms with Gasteiger partial charge in [0, 0.05) is 10.6 Å². The lowest BCUT2D eigenvalue weighted by Gasteiger charge is -2.09. The van der Waals surface area contributed by atoms with Crippen LogP contribution in [0.1, 0.15) is 20.7 Å². The van der Waals surface area contributed by atoms with Gasteiger partial charge in [0.2, 0.25) is 0 Å². The van der Waals surface area contributed by atoms with Crippen molar-refractivity contribution in [3.8, 4) is 11.1 Å². The molecule has 2 aromatic carbocycles. The van der Waals surface area contributed by atoms with E-state index in [-0.39, 0.29) is 10.6 Å². The minimum Gasteiger partial charge on any atom is -0.545 e. The van der Waals surface area contributed by atoms with Crippen LogP contribution in [0.2, 0.25) is 5.02 Å². The number of hydrogen-bond donors (Lipinski definition) is 0. The van der Waals surface area contributed by atoms with E-state index in [0.717, 1.165) is 0 Å². The summed E-state index contributed by atoms with van der Waals surface area (Å²) < 4.78 is 4.64. The van der Waals surface area contributed by atoms with Gasteiger partial charge in [0.25, 0.3) is 0 Å². The van der Waals surface area contributed by atoms with Gasteiger partial charge >= 0.3 is 5.97 Å². The number of carbonyl (C=O) groups excluding carboxylic acids is 2. The van der Waals surface area contributed by atoms with Crippen LogP contribution in [-0.4, -0.2) is 19.0 Å². The van der Waals surface area contributed by atoms with Crippen LogP contribution < -0.4 is 5.11 Å². The normalized spacial score (nSPS) is 10.1.